The second-order valence-corrected chi connectivity index (χ2v) is 6.37. The van der Waals surface area contributed by atoms with Gasteiger partial charge in [-0.05, 0) is 50.6 Å². The molecule has 124 valence electrons. The zero-order valence-electron chi connectivity index (χ0n) is 13.7. The van der Waals surface area contributed by atoms with Gasteiger partial charge in [-0.1, -0.05) is 12.1 Å². The first-order valence-corrected chi connectivity index (χ1v) is 8.46. The highest BCUT2D eigenvalue weighted by atomic mass is 32.1. The zero-order chi connectivity index (χ0) is 17.1. The van der Waals surface area contributed by atoms with E-state index in [0.29, 0.717) is 22.3 Å². The Morgan fingerprint density at radius 3 is 2.83 bits per heavy atom. The Hall–Kier alpha value is -2.60. The number of aromatic nitrogens is 1. The molecule has 0 aliphatic carbocycles. The van der Waals surface area contributed by atoms with E-state index >= 15 is 0 Å². The number of nitrogens with one attached hydrogen (secondary N) is 1. The molecule has 24 heavy (non-hydrogen) atoms. The summed E-state index contributed by atoms with van der Waals surface area (Å²) in [7, 11) is 0. The molecule has 1 amide bonds. The molecular weight excluding hydrogens is 324 g/mol. The third-order valence-corrected chi connectivity index (χ3v) is 4.16. The summed E-state index contributed by atoms with van der Waals surface area (Å²) in [6, 6.07) is 11.3. The first-order chi connectivity index (χ1) is 11.5. The zero-order valence-corrected chi connectivity index (χ0v) is 14.5. The molecule has 1 aromatic carbocycles. The molecular formula is C18H18N2O3S. The summed E-state index contributed by atoms with van der Waals surface area (Å²) in [5.41, 5.74) is 1.79. The third kappa shape index (κ3) is 3.83. The van der Waals surface area contributed by atoms with E-state index < -0.39 is 6.10 Å². The van der Waals surface area contributed by atoms with Crippen LogP contribution in [-0.4, -0.2) is 17.0 Å². The van der Waals surface area contributed by atoms with Gasteiger partial charge in [0.25, 0.3) is 5.91 Å². The normalized spacial score (nSPS) is 12.0. The van der Waals surface area contributed by atoms with Crippen molar-refractivity contribution in [2.75, 3.05) is 5.32 Å². The molecule has 3 rings (SSSR count). The average molecular weight is 342 g/mol. The lowest BCUT2D eigenvalue weighted by molar-refractivity contribution is -0.122. The molecule has 0 aliphatic rings. The van der Waals surface area contributed by atoms with Crippen molar-refractivity contribution < 1.29 is 13.9 Å². The number of ether oxygens (including phenoxy) is 1. The standard InChI is InChI=1S/C18H18N2O3S/c1-11-5-4-6-14(9-11)23-13(3)17(21)20-18-19-15(10-24-18)16-8-7-12(2)22-16/h4-10,13H,1-3H3,(H,19,20,21)/t13-/m0/s1. The molecule has 0 saturated carbocycles. The van der Waals surface area contributed by atoms with Crippen molar-refractivity contribution in [3.8, 4) is 17.2 Å². The number of rotatable bonds is 5. The number of aryl methyl sites for hydroxylation is 2. The second kappa shape index (κ2) is 6.88. The monoisotopic (exact) mass is 342 g/mol. The summed E-state index contributed by atoms with van der Waals surface area (Å²) in [5.74, 6) is 1.94. The molecule has 1 N–H and O–H groups in total. The minimum atomic E-state index is -0.620. The molecule has 6 heteroatoms. The van der Waals surface area contributed by atoms with Gasteiger partial charge in [0.15, 0.2) is 17.0 Å². The molecule has 3 aromatic rings. The first kappa shape index (κ1) is 16.3. The lowest BCUT2D eigenvalue weighted by Gasteiger charge is -2.14. The molecule has 5 nitrogen and oxygen atoms in total. The Bertz CT molecular complexity index is 853. The van der Waals surface area contributed by atoms with Gasteiger partial charge in [0.2, 0.25) is 0 Å². The van der Waals surface area contributed by atoms with E-state index in [2.05, 4.69) is 10.3 Å². The van der Waals surface area contributed by atoms with Crippen LogP contribution >= 0.6 is 11.3 Å². The van der Waals surface area contributed by atoms with Gasteiger partial charge in [0, 0.05) is 5.38 Å². The number of amides is 1. The Balaban J connectivity index is 1.63. The van der Waals surface area contributed by atoms with E-state index in [1.54, 1.807) is 6.92 Å². The van der Waals surface area contributed by atoms with E-state index in [4.69, 9.17) is 9.15 Å². The molecule has 0 bridgehead atoms. The largest absolute Gasteiger partial charge is 0.481 e. The van der Waals surface area contributed by atoms with Crippen LogP contribution in [0.15, 0.2) is 46.2 Å². The fourth-order valence-corrected chi connectivity index (χ4v) is 2.87. The van der Waals surface area contributed by atoms with Crippen molar-refractivity contribution in [2.45, 2.75) is 26.9 Å². The summed E-state index contributed by atoms with van der Waals surface area (Å²) in [6.45, 7) is 5.57. The highest BCUT2D eigenvalue weighted by Gasteiger charge is 2.17. The van der Waals surface area contributed by atoms with Crippen LogP contribution in [0.4, 0.5) is 5.13 Å². The molecule has 2 aromatic heterocycles. The molecule has 0 saturated heterocycles. The maximum absolute atomic E-state index is 12.3. The number of furan rings is 1. The van der Waals surface area contributed by atoms with Crippen LogP contribution < -0.4 is 10.1 Å². The maximum Gasteiger partial charge on any atom is 0.266 e. The van der Waals surface area contributed by atoms with E-state index in [-0.39, 0.29) is 5.91 Å². The maximum atomic E-state index is 12.3. The van der Waals surface area contributed by atoms with Crippen LogP contribution in [-0.2, 0) is 4.79 Å². The quantitative estimate of drug-likeness (QED) is 0.745. The molecule has 0 spiro atoms. The van der Waals surface area contributed by atoms with Gasteiger partial charge in [0.05, 0.1) is 0 Å². The van der Waals surface area contributed by atoms with Gasteiger partial charge in [-0.15, -0.1) is 11.3 Å². The topological polar surface area (TPSA) is 64.4 Å². The average Bonchev–Trinajstić information content (AvgIpc) is 3.16. The fourth-order valence-electron chi connectivity index (χ4n) is 2.17. The van der Waals surface area contributed by atoms with Gasteiger partial charge in [-0.3, -0.25) is 10.1 Å². The summed E-state index contributed by atoms with van der Waals surface area (Å²) in [4.78, 5) is 16.6. The predicted molar refractivity (Wildman–Crippen MR) is 94.5 cm³/mol. The molecule has 0 aliphatic heterocycles. The lowest BCUT2D eigenvalue weighted by atomic mass is 10.2. The third-order valence-electron chi connectivity index (χ3n) is 3.40. The lowest BCUT2D eigenvalue weighted by Crippen LogP contribution is -2.30. The van der Waals surface area contributed by atoms with Crippen LogP contribution in [0, 0.1) is 13.8 Å². The van der Waals surface area contributed by atoms with Crippen LogP contribution in [0.25, 0.3) is 11.5 Å². The number of nitrogens with zero attached hydrogens (tertiary/aromatic N) is 1. The fraction of sp³-hybridized carbons (Fsp3) is 0.222. The van der Waals surface area contributed by atoms with Gasteiger partial charge >= 0.3 is 0 Å². The number of anilines is 1. The van der Waals surface area contributed by atoms with E-state index in [1.807, 2.05) is 55.6 Å². The van der Waals surface area contributed by atoms with Crippen molar-refractivity contribution in [1.29, 1.82) is 0 Å². The second-order valence-electron chi connectivity index (χ2n) is 5.51. The van der Waals surface area contributed by atoms with Crippen molar-refractivity contribution in [3.05, 3.63) is 53.1 Å². The van der Waals surface area contributed by atoms with Gasteiger partial charge in [-0.25, -0.2) is 4.98 Å². The summed E-state index contributed by atoms with van der Waals surface area (Å²) in [6.07, 6.45) is -0.620. The molecule has 0 fully saturated rings. The Morgan fingerprint density at radius 1 is 1.29 bits per heavy atom. The minimum Gasteiger partial charge on any atom is -0.481 e. The first-order valence-electron chi connectivity index (χ1n) is 7.58. The van der Waals surface area contributed by atoms with E-state index in [1.165, 1.54) is 11.3 Å². The highest BCUT2D eigenvalue weighted by molar-refractivity contribution is 7.14. The van der Waals surface area contributed by atoms with Gasteiger partial charge < -0.3 is 9.15 Å². The number of thiazole rings is 1. The number of carbonyl (C=O) groups excluding carboxylic acids is 1. The van der Waals surface area contributed by atoms with Crippen molar-refractivity contribution in [3.63, 3.8) is 0 Å². The number of benzene rings is 1. The summed E-state index contributed by atoms with van der Waals surface area (Å²) in [5, 5.41) is 5.14. The van der Waals surface area contributed by atoms with E-state index in [9.17, 15) is 4.79 Å². The summed E-state index contributed by atoms with van der Waals surface area (Å²) >= 11 is 1.35. The SMILES string of the molecule is Cc1cccc(O[C@@H](C)C(=O)Nc2nc(-c3ccc(C)o3)cs2)c1. The summed E-state index contributed by atoms with van der Waals surface area (Å²) < 4.78 is 11.2. The Labute approximate surface area is 144 Å². The van der Waals surface area contributed by atoms with Crippen molar-refractivity contribution in [2.24, 2.45) is 0 Å². The predicted octanol–water partition coefficient (Wildman–Crippen LogP) is 4.43. The molecule has 2 heterocycles. The number of hydrogen-bond acceptors (Lipinski definition) is 5. The van der Waals surface area contributed by atoms with Gasteiger partial charge in [-0.2, -0.15) is 0 Å². The smallest absolute Gasteiger partial charge is 0.266 e. The highest BCUT2D eigenvalue weighted by Crippen LogP contribution is 2.26. The van der Waals surface area contributed by atoms with Crippen LogP contribution in [0.5, 0.6) is 5.75 Å². The molecule has 0 unspecified atom stereocenters. The molecule has 0 radical (unpaired) electrons. The molecule has 1 atom stereocenters. The van der Waals surface area contributed by atoms with Crippen LogP contribution in [0.1, 0.15) is 18.2 Å². The van der Waals surface area contributed by atoms with E-state index in [0.717, 1.165) is 11.3 Å². The Kier molecular flexibility index (Phi) is 4.66. The number of hydrogen-bond donors (Lipinski definition) is 1. The van der Waals surface area contributed by atoms with Crippen molar-refractivity contribution >= 4 is 22.4 Å². The van der Waals surface area contributed by atoms with Crippen LogP contribution in [0.3, 0.4) is 0 Å². The number of carbonyl (C=O) groups is 1. The Morgan fingerprint density at radius 2 is 2.12 bits per heavy atom. The van der Waals surface area contributed by atoms with Crippen molar-refractivity contribution in [1.82, 2.24) is 4.98 Å². The van der Waals surface area contributed by atoms with Gasteiger partial charge in [0.1, 0.15) is 17.2 Å². The minimum absolute atomic E-state index is 0.243. The van der Waals surface area contributed by atoms with Crippen LogP contribution in [0.2, 0.25) is 0 Å².